The predicted molar refractivity (Wildman–Crippen MR) is 75.8 cm³/mol. The minimum atomic E-state index is -0.954. The van der Waals surface area contributed by atoms with Crippen molar-refractivity contribution in [2.75, 3.05) is 13.2 Å². The van der Waals surface area contributed by atoms with Crippen molar-refractivity contribution in [2.45, 2.75) is 71.3 Å². The Morgan fingerprint density at radius 2 is 1.63 bits per heavy atom. The highest BCUT2D eigenvalue weighted by Crippen LogP contribution is 2.12. The van der Waals surface area contributed by atoms with Gasteiger partial charge in [0.05, 0.1) is 6.61 Å². The summed E-state index contributed by atoms with van der Waals surface area (Å²) in [7, 11) is 0. The van der Waals surface area contributed by atoms with Gasteiger partial charge in [-0.3, -0.25) is 4.79 Å². The maximum atomic E-state index is 11.3. The lowest BCUT2D eigenvalue weighted by Crippen LogP contribution is -2.21. The van der Waals surface area contributed by atoms with Crippen molar-refractivity contribution in [1.29, 1.82) is 0 Å². The van der Waals surface area contributed by atoms with Gasteiger partial charge in [0.15, 0.2) is 0 Å². The fourth-order valence-corrected chi connectivity index (χ4v) is 1.84. The summed E-state index contributed by atoms with van der Waals surface area (Å²) >= 11 is 0. The molecule has 0 aromatic heterocycles. The summed E-state index contributed by atoms with van der Waals surface area (Å²) in [6, 6.07) is 0. The van der Waals surface area contributed by atoms with Crippen molar-refractivity contribution in [3.63, 3.8) is 0 Å². The zero-order valence-corrected chi connectivity index (χ0v) is 12.4. The first-order valence-electron chi connectivity index (χ1n) is 7.50. The van der Waals surface area contributed by atoms with Crippen LogP contribution in [0.3, 0.4) is 0 Å². The second-order valence-corrected chi connectivity index (χ2v) is 5.57. The average Bonchev–Trinajstić information content (AvgIpc) is 2.38. The average molecular weight is 274 g/mol. The fraction of sp³-hybridized carbons (Fsp3) is 0.933. The Morgan fingerprint density at radius 1 is 1.05 bits per heavy atom. The van der Waals surface area contributed by atoms with Gasteiger partial charge in [-0.25, -0.2) is 0 Å². The van der Waals surface area contributed by atoms with E-state index in [2.05, 4.69) is 13.8 Å². The first kappa shape index (κ1) is 18.4. The number of esters is 1. The van der Waals surface area contributed by atoms with Crippen molar-refractivity contribution in [2.24, 2.45) is 5.92 Å². The van der Waals surface area contributed by atoms with Gasteiger partial charge < -0.3 is 14.9 Å². The quantitative estimate of drug-likeness (QED) is 0.424. The van der Waals surface area contributed by atoms with Gasteiger partial charge in [-0.1, -0.05) is 52.4 Å². The maximum Gasteiger partial charge on any atom is 0.305 e. The van der Waals surface area contributed by atoms with Gasteiger partial charge in [0.2, 0.25) is 0 Å². The summed E-state index contributed by atoms with van der Waals surface area (Å²) in [4.78, 5) is 11.3. The topological polar surface area (TPSA) is 66.8 Å². The molecule has 114 valence electrons. The maximum absolute atomic E-state index is 11.3. The van der Waals surface area contributed by atoms with Gasteiger partial charge in [-0.05, 0) is 12.3 Å². The first-order valence-corrected chi connectivity index (χ1v) is 7.50. The summed E-state index contributed by atoms with van der Waals surface area (Å²) in [6.07, 6.45) is 7.66. The van der Waals surface area contributed by atoms with Gasteiger partial charge in [0.25, 0.3) is 0 Å². The third-order valence-electron chi connectivity index (χ3n) is 3.06. The van der Waals surface area contributed by atoms with Crippen LogP contribution in [0.4, 0.5) is 0 Å². The summed E-state index contributed by atoms with van der Waals surface area (Å²) in [5.41, 5.74) is 0. The van der Waals surface area contributed by atoms with E-state index >= 15 is 0 Å². The highest BCUT2D eigenvalue weighted by atomic mass is 16.5. The van der Waals surface area contributed by atoms with Crippen LogP contribution in [0, 0.1) is 5.92 Å². The van der Waals surface area contributed by atoms with E-state index in [1.54, 1.807) is 0 Å². The Balaban J connectivity index is 3.23. The first-order chi connectivity index (χ1) is 9.06. The van der Waals surface area contributed by atoms with E-state index in [0.717, 1.165) is 18.8 Å². The number of hydrogen-bond donors (Lipinski definition) is 2. The molecule has 2 N–H and O–H groups in total. The molecule has 0 saturated heterocycles. The van der Waals surface area contributed by atoms with Crippen molar-refractivity contribution < 1.29 is 19.7 Å². The zero-order valence-electron chi connectivity index (χ0n) is 12.4. The molecule has 4 nitrogen and oxygen atoms in total. The van der Waals surface area contributed by atoms with Crippen LogP contribution in [0.1, 0.15) is 65.2 Å². The molecule has 4 heteroatoms. The number of ether oxygens (including phenoxy) is 1. The standard InChI is InChI=1S/C15H30O4/c1-13(2)9-7-5-3-4-6-8-10-15(18)19-12-14(17)11-16/h13-14,16-17H,3-12H2,1-2H3. The van der Waals surface area contributed by atoms with Crippen LogP contribution in [0.5, 0.6) is 0 Å². The molecule has 0 aliphatic rings. The van der Waals surface area contributed by atoms with Gasteiger partial charge in [0, 0.05) is 6.42 Å². The molecule has 0 fully saturated rings. The van der Waals surface area contributed by atoms with E-state index in [-0.39, 0.29) is 19.2 Å². The highest BCUT2D eigenvalue weighted by Gasteiger charge is 2.07. The number of unbranched alkanes of at least 4 members (excludes halogenated alkanes) is 5. The molecular formula is C15H30O4. The van der Waals surface area contributed by atoms with Crippen LogP contribution < -0.4 is 0 Å². The van der Waals surface area contributed by atoms with Crippen LogP contribution >= 0.6 is 0 Å². The predicted octanol–water partition coefficient (Wildman–Crippen LogP) is 2.66. The minimum Gasteiger partial charge on any atom is -0.463 e. The lowest BCUT2D eigenvalue weighted by Gasteiger charge is -2.08. The second kappa shape index (κ2) is 12.4. The van der Waals surface area contributed by atoms with E-state index in [1.807, 2.05) is 0 Å². The summed E-state index contributed by atoms with van der Waals surface area (Å²) in [5.74, 6) is 0.511. The Hall–Kier alpha value is -0.610. The normalized spacial score (nSPS) is 12.7. The molecule has 1 unspecified atom stereocenters. The van der Waals surface area contributed by atoms with E-state index in [9.17, 15) is 4.79 Å². The van der Waals surface area contributed by atoms with Gasteiger partial charge in [0.1, 0.15) is 12.7 Å². The van der Waals surface area contributed by atoms with Crippen LogP contribution in [0.25, 0.3) is 0 Å². The third kappa shape index (κ3) is 13.6. The molecule has 0 heterocycles. The van der Waals surface area contributed by atoms with E-state index in [4.69, 9.17) is 14.9 Å². The van der Waals surface area contributed by atoms with Gasteiger partial charge >= 0.3 is 5.97 Å². The zero-order chi connectivity index (χ0) is 14.5. The number of carbonyl (C=O) groups is 1. The SMILES string of the molecule is CC(C)CCCCCCCCC(=O)OCC(O)CO. The molecule has 0 amide bonds. The highest BCUT2D eigenvalue weighted by molar-refractivity contribution is 5.69. The Labute approximate surface area is 117 Å². The molecule has 0 rings (SSSR count). The lowest BCUT2D eigenvalue weighted by molar-refractivity contribution is -0.147. The molecule has 0 aliphatic heterocycles. The fourth-order valence-electron chi connectivity index (χ4n) is 1.84. The number of hydrogen-bond acceptors (Lipinski definition) is 4. The smallest absolute Gasteiger partial charge is 0.305 e. The Kier molecular flexibility index (Phi) is 12.0. The van der Waals surface area contributed by atoms with Gasteiger partial charge in [-0.15, -0.1) is 0 Å². The van der Waals surface area contributed by atoms with Crippen LogP contribution in [0.2, 0.25) is 0 Å². The molecule has 0 radical (unpaired) electrons. The summed E-state index contributed by atoms with van der Waals surface area (Å²) in [5, 5.41) is 17.6. The van der Waals surface area contributed by atoms with E-state index < -0.39 is 6.10 Å². The van der Waals surface area contributed by atoms with E-state index in [1.165, 1.54) is 32.1 Å². The molecule has 1 atom stereocenters. The van der Waals surface area contributed by atoms with E-state index in [0.29, 0.717) is 6.42 Å². The molecule has 0 saturated carbocycles. The summed E-state index contributed by atoms with van der Waals surface area (Å²) < 4.78 is 4.82. The number of aliphatic hydroxyl groups excluding tert-OH is 2. The lowest BCUT2D eigenvalue weighted by atomic mass is 10.0. The minimum absolute atomic E-state index is 0.107. The largest absolute Gasteiger partial charge is 0.463 e. The molecule has 0 aromatic rings. The van der Waals surface area contributed by atoms with Crippen molar-refractivity contribution in [3.8, 4) is 0 Å². The number of aliphatic hydroxyl groups is 2. The molecule has 19 heavy (non-hydrogen) atoms. The summed E-state index contributed by atoms with van der Waals surface area (Å²) in [6.45, 7) is 4.02. The van der Waals surface area contributed by atoms with Crippen LogP contribution in [-0.4, -0.2) is 35.5 Å². The number of carbonyl (C=O) groups excluding carboxylic acids is 1. The molecule has 0 aromatic carbocycles. The van der Waals surface area contributed by atoms with Crippen molar-refractivity contribution >= 4 is 5.97 Å². The molecule has 0 aliphatic carbocycles. The van der Waals surface area contributed by atoms with Crippen molar-refractivity contribution in [1.82, 2.24) is 0 Å². The Morgan fingerprint density at radius 3 is 2.21 bits per heavy atom. The molecule has 0 bridgehead atoms. The molecular weight excluding hydrogens is 244 g/mol. The Bertz CT molecular complexity index is 216. The van der Waals surface area contributed by atoms with Crippen molar-refractivity contribution in [3.05, 3.63) is 0 Å². The number of rotatable bonds is 12. The molecule has 0 spiro atoms. The van der Waals surface area contributed by atoms with Crippen LogP contribution in [0.15, 0.2) is 0 Å². The monoisotopic (exact) mass is 274 g/mol. The second-order valence-electron chi connectivity index (χ2n) is 5.57. The van der Waals surface area contributed by atoms with Crippen LogP contribution in [-0.2, 0) is 9.53 Å². The third-order valence-corrected chi connectivity index (χ3v) is 3.06. The van der Waals surface area contributed by atoms with Gasteiger partial charge in [-0.2, -0.15) is 0 Å².